The zero-order valence-electron chi connectivity index (χ0n) is 13.3. The Bertz CT molecular complexity index is 573. The molecule has 0 bridgehead atoms. The van der Waals surface area contributed by atoms with Crippen molar-refractivity contribution in [2.45, 2.75) is 39.2 Å². The van der Waals surface area contributed by atoms with Gasteiger partial charge in [0.25, 0.3) is 0 Å². The van der Waals surface area contributed by atoms with Gasteiger partial charge in [0.2, 0.25) is 5.91 Å². The highest BCUT2D eigenvalue weighted by Gasteiger charge is 2.22. The van der Waals surface area contributed by atoms with Gasteiger partial charge >= 0.3 is 0 Å². The number of nitrogens with one attached hydrogen (secondary N) is 1. The predicted octanol–water partition coefficient (Wildman–Crippen LogP) is 4.00. The molecule has 1 atom stereocenters. The number of benzene rings is 1. The maximum atomic E-state index is 12.5. The minimum absolute atomic E-state index is 0.0628. The zero-order chi connectivity index (χ0) is 16.0. The van der Waals surface area contributed by atoms with Gasteiger partial charge in [-0.1, -0.05) is 36.4 Å². The topological polar surface area (TPSA) is 38.3 Å². The van der Waals surface area contributed by atoms with E-state index in [1.165, 1.54) is 4.88 Å². The monoisotopic (exact) mass is 317 g/mol. The third kappa shape index (κ3) is 5.62. The number of hydroxylamine groups is 1. The van der Waals surface area contributed by atoms with Gasteiger partial charge in [0.1, 0.15) is 0 Å². The summed E-state index contributed by atoms with van der Waals surface area (Å²) in [5, 5.41) is 2.04. The molecular formula is C18H23NO2S. The molecule has 1 aromatic heterocycles. The lowest BCUT2D eigenvalue weighted by molar-refractivity contribution is -0.149. The van der Waals surface area contributed by atoms with E-state index in [2.05, 4.69) is 23.7 Å². The summed E-state index contributed by atoms with van der Waals surface area (Å²) in [7, 11) is 0. The highest BCUT2D eigenvalue weighted by Crippen LogP contribution is 2.19. The quantitative estimate of drug-likeness (QED) is 0.818. The summed E-state index contributed by atoms with van der Waals surface area (Å²) < 4.78 is 0. The first-order valence-corrected chi connectivity index (χ1v) is 8.36. The van der Waals surface area contributed by atoms with Gasteiger partial charge in [0.05, 0.1) is 5.60 Å². The summed E-state index contributed by atoms with van der Waals surface area (Å²) in [6.45, 7) is 5.75. The average Bonchev–Trinajstić information content (AvgIpc) is 2.97. The van der Waals surface area contributed by atoms with Crippen molar-refractivity contribution in [3.63, 3.8) is 0 Å². The minimum Gasteiger partial charge on any atom is -0.272 e. The van der Waals surface area contributed by atoms with Crippen LogP contribution < -0.4 is 5.48 Å². The molecule has 1 aromatic carbocycles. The summed E-state index contributed by atoms with van der Waals surface area (Å²) >= 11 is 1.68. The first kappa shape index (κ1) is 16.7. The van der Waals surface area contributed by atoms with E-state index >= 15 is 0 Å². The highest BCUT2D eigenvalue weighted by molar-refractivity contribution is 7.09. The number of carbonyl (C=O) groups is 1. The van der Waals surface area contributed by atoms with Gasteiger partial charge in [-0.2, -0.15) is 0 Å². The van der Waals surface area contributed by atoms with Crippen LogP contribution in [0.3, 0.4) is 0 Å². The average molecular weight is 317 g/mol. The SMILES string of the molecule is CC(C)(C)ONC(=O)C(Cc1ccccc1)Cc1cccs1. The molecule has 0 aliphatic rings. The summed E-state index contributed by atoms with van der Waals surface area (Å²) in [4.78, 5) is 19.1. The van der Waals surface area contributed by atoms with Crippen LogP contribution in [0.1, 0.15) is 31.2 Å². The van der Waals surface area contributed by atoms with Crippen LogP contribution in [0.15, 0.2) is 47.8 Å². The van der Waals surface area contributed by atoms with Crippen LogP contribution in [0, 0.1) is 5.92 Å². The van der Waals surface area contributed by atoms with Crippen molar-refractivity contribution < 1.29 is 9.63 Å². The molecule has 22 heavy (non-hydrogen) atoms. The summed E-state index contributed by atoms with van der Waals surface area (Å²) in [6.07, 6.45) is 1.43. The van der Waals surface area contributed by atoms with Crippen molar-refractivity contribution in [2.75, 3.05) is 0 Å². The summed E-state index contributed by atoms with van der Waals surface area (Å²) in [6, 6.07) is 14.2. The lowest BCUT2D eigenvalue weighted by atomic mass is 9.95. The Morgan fingerprint density at radius 1 is 1.14 bits per heavy atom. The van der Waals surface area contributed by atoms with Gasteiger partial charge in [-0.25, -0.2) is 5.48 Å². The van der Waals surface area contributed by atoms with Crippen molar-refractivity contribution in [2.24, 2.45) is 5.92 Å². The van der Waals surface area contributed by atoms with Crippen LogP contribution in [0.2, 0.25) is 0 Å². The molecule has 1 N–H and O–H groups in total. The number of amides is 1. The fourth-order valence-corrected chi connectivity index (χ4v) is 2.90. The predicted molar refractivity (Wildman–Crippen MR) is 90.6 cm³/mol. The van der Waals surface area contributed by atoms with E-state index < -0.39 is 5.60 Å². The van der Waals surface area contributed by atoms with Crippen LogP contribution in [-0.4, -0.2) is 11.5 Å². The Kier molecular flexibility index (Phi) is 5.75. The number of rotatable bonds is 6. The Morgan fingerprint density at radius 2 is 1.86 bits per heavy atom. The van der Waals surface area contributed by atoms with Crippen molar-refractivity contribution in [3.8, 4) is 0 Å². The Labute approximate surface area is 136 Å². The fraction of sp³-hybridized carbons (Fsp3) is 0.389. The summed E-state index contributed by atoms with van der Waals surface area (Å²) in [5.41, 5.74) is 3.39. The smallest absolute Gasteiger partial charge is 0.247 e. The van der Waals surface area contributed by atoms with Crippen LogP contribution in [0.4, 0.5) is 0 Å². The Balaban J connectivity index is 2.05. The molecule has 0 saturated heterocycles. The lowest BCUT2D eigenvalue weighted by Gasteiger charge is -2.22. The maximum absolute atomic E-state index is 12.5. The molecule has 118 valence electrons. The molecule has 0 spiro atoms. The van der Waals surface area contributed by atoms with Crippen molar-refractivity contribution in [1.82, 2.24) is 5.48 Å². The Hall–Kier alpha value is -1.65. The lowest BCUT2D eigenvalue weighted by Crippen LogP contribution is -2.38. The van der Waals surface area contributed by atoms with E-state index in [4.69, 9.17) is 4.84 Å². The normalized spacial score (nSPS) is 12.9. The van der Waals surface area contributed by atoms with Crippen molar-refractivity contribution in [3.05, 3.63) is 58.3 Å². The molecule has 1 heterocycles. The molecule has 1 unspecified atom stereocenters. The van der Waals surface area contributed by atoms with E-state index in [0.717, 1.165) is 12.0 Å². The first-order chi connectivity index (χ1) is 10.4. The second-order valence-electron chi connectivity index (χ2n) is 6.35. The van der Waals surface area contributed by atoms with E-state index in [9.17, 15) is 4.79 Å². The minimum atomic E-state index is -0.393. The van der Waals surface area contributed by atoms with E-state index in [-0.39, 0.29) is 11.8 Å². The molecule has 0 aliphatic heterocycles. The second-order valence-corrected chi connectivity index (χ2v) is 7.38. The zero-order valence-corrected chi connectivity index (χ0v) is 14.2. The second kappa shape index (κ2) is 7.56. The van der Waals surface area contributed by atoms with Crippen LogP contribution >= 0.6 is 11.3 Å². The standard InChI is InChI=1S/C18H23NO2S/c1-18(2,3)21-19-17(20)15(13-16-10-7-11-22-16)12-14-8-5-4-6-9-14/h4-11,15H,12-13H2,1-3H3,(H,19,20). The molecule has 2 rings (SSSR count). The van der Waals surface area contributed by atoms with E-state index in [1.807, 2.05) is 50.4 Å². The van der Waals surface area contributed by atoms with Gasteiger partial charge in [-0.05, 0) is 50.6 Å². The van der Waals surface area contributed by atoms with Gasteiger partial charge in [0.15, 0.2) is 0 Å². The maximum Gasteiger partial charge on any atom is 0.247 e. The van der Waals surface area contributed by atoms with Crippen LogP contribution in [0.5, 0.6) is 0 Å². The Morgan fingerprint density at radius 3 is 2.45 bits per heavy atom. The molecule has 0 aliphatic carbocycles. The number of hydrogen-bond donors (Lipinski definition) is 1. The molecule has 0 saturated carbocycles. The van der Waals surface area contributed by atoms with Gasteiger partial charge in [-0.3, -0.25) is 9.63 Å². The first-order valence-electron chi connectivity index (χ1n) is 7.48. The molecular weight excluding hydrogens is 294 g/mol. The van der Waals surface area contributed by atoms with Gasteiger partial charge in [-0.15, -0.1) is 11.3 Å². The summed E-state index contributed by atoms with van der Waals surface area (Å²) in [5.74, 6) is -0.199. The van der Waals surface area contributed by atoms with Gasteiger partial charge in [0, 0.05) is 10.8 Å². The number of thiophene rings is 1. The van der Waals surface area contributed by atoms with Crippen molar-refractivity contribution >= 4 is 17.2 Å². The van der Waals surface area contributed by atoms with E-state index in [1.54, 1.807) is 11.3 Å². The molecule has 3 nitrogen and oxygen atoms in total. The van der Waals surface area contributed by atoms with E-state index in [0.29, 0.717) is 6.42 Å². The highest BCUT2D eigenvalue weighted by atomic mass is 32.1. The molecule has 1 amide bonds. The molecule has 0 fully saturated rings. The number of hydrogen-bond acceptors (Lipinski definition) is 3. The third-order valence-corrected chi connectivity index (χ3v) is 4.08. The third-order valence-electron chi connectivity index (χ3n) is 3.18. The molecule has 0 radical (unpaired) electrons. The largest absolute Gasteiger partial charge is 0.272 e. The van der Waals surface area contributed by atoms with Crippen molar-refractivity contribution in [1.29, 1.82) is 0 Å². The molecule has 2 aromatic rings. The van der Waals surface area contributed by atoms with Crippen LogP contribution in [0.25, 0.3) is 0 Å². The fourth-order valence-electron chi connectivity index (χ4n) is 2.11. The van der Waals surface area contributed by atoms with Gasteiger partial charge < -0.3 is 0 Å². The van der Waals surface area contributed by atoms with Crippen LogP contribution in [-0.2, 0) is 22.5 Å². The number of carbonyl (C=O) groups excluding carboxylic acids is 1. The molecule has 4 heteroatoms.